The van der Waals surface area contributed by atoms with Gasteiger partial charge in [0.15, 0.2) is 0 Å². The van der Waals surface area contributed by atoms with Crippen molar-refractivity contribution in [3.05, 3.63) is 87.4 Å². The number of fused-ring (bicyclic) bond motifs is 6. The number of rotatable bonds is 8. The number of piperidine rings is 2. The number of carbonyl (C=O) groups is 5. The molecule has 3 saturated heterocycles. The highest BCUT2D eigenvalue weighted by Gasteiger charge is 2.63. The van der Waals surface area contributed by atoms with Crippen molar-refractivity contribution in [3.8, 4) is 5.75 Å². The Bertz CT molecular complexity index is 2580. The van der Waals surface area contributed by atoms with E-state index >= 15 is 9.18 Å². The third-order valence-electron chi connectivity index (χ3n) is 16.1. The van der Waals surface area contributed by atoms with Crippen molar-refractivity contribution in [1.29, 1.82) is 0 Å². The maximum absolute atomic E-state index is 16.4. The molecule has 8 aliphatic rings. The lowest BCUT2D eigenvalue weighted by molar-refractivity contribution is -0.153. The van der Waals surface area contributed by atoms with E-state index in [4.69, 9.17) is 16.3 Å². The Labute approximate surface area is 396 Å². The summed E-state index contributed by atoms with van der Waals surface area (Å²) in [7, 11) is 0. The number of hydrogen-bond acceptors (Lipinski definition) is 9. The first-order valence-corrected chi connectivity index (χ1v) is 24.1. The molecule has 362 valence electrons. The zero-order chi connectivity index (χ0) is 48.1. The number of benzene rings is 2. The number of nitrogens with one attached hydrogen (secondary N) is 4. The molecule has 1 unspecified atom stereocenters. The van der Waals surface area contributed by atoms with Gasteiger partial charge >= 0.3 is 6.18 Å². The molecule has 5 aliphatic heterocycles. The third-order valence-corrected chi connectivity index (χ3v) is 16.4. The van der Waals surface area contributed by atoms with Crippen molar-refractivity contribution in [2.45, 2.75) is 145 Å². The molecule has 2 bridgehead atoms. The maximum atomic E-state index is 16.4. The Morgan fingerprint density at radius 1 is 1.00 bits per heavy atom. The number of anilines is 1. The largest absolute Gasteiger partial charge is 0.489 e. The molecule has 2 aromatic carbocycles. The van der Waals surface area contributed by atoms with E-state index in [9.17, 15) is 32.3 Å². The van der Waals surface area contributed by atoms with Gasteiger partial charge in [-0.1, -0.05) is 44.5 Å². The van der Waals surface area contributed by atoms with Crippen LogP contribution in [0, 0.1) is 16.6 Å². The topological polar surface area (TPSA) is 162 Å². The van der Waals surface area contributed by atoms with Crippen LogP contribution in [-0.2, 0) is 37.3 Å². The van der Waals surface area contributed by atoms with E-state index in [-0.39, 0.29) is 77.4 Å². The highest BCUT2D eigenvalue weighted by Crippen LogP contribution is 2.58. The van der Waals surface area contributed by atoms with Crippen molar-refractivity contribution >= 4 is 46.8 Å². The van der Waals surface area contributed by atoms with Crippen molar-refractivity contribution in [2.75, 3.05) is 25.0 Å². The Kier molecular flexibility index (Phi) is 11.4. The second-order valence-corrected chi connectivity index (χ2v) is 21.9. The highest BCUT2D eigenvalue weighted by atomic mass is 35.5. The highest BCUT2D eigenvalue weighted by molar-refractivity contribution is 6.30. The SMILES string of the molecule is CC(C)(C)C[C@@H]1N[C@@H](C(=O)NC23CCC(C(=O)N4CCC[C@H](Oc5ccc6c(c5)CN(C5CCC(=O)NC5=O)C6=O)C4)(CC2)CC3)[C@H](c2cccc(Cl)c2F)[C@]12CNc1cc(C(F)(F)F)ncc12. The molecule has 0 radical (unpaired) electrons. The number of alkyl halides is 3. The lowest BCUT2D eigenvalue weighted by Crippen LogP contribution is -2.63. The smallest absolute Gasteiger partial charge is 0.433 e. The molecule has 13 nitrogen and oxygen atoms in total. The maximum Gasteiger partial charge on any atom is 0.433 e. The van der Waals surface area contributed by atoms with Crippen LogP contribution in [0.2, 0.25) is 5.02 Å². The fourth-order valence-corrected chi connectivity index (χ4v) is 12.9. The summed E-state index contributed by atoms with van der Waals surface area (Å²) in [5, 5.41) is 12.4. The zero-order valence-electron chi connectivity index (χ0n) is 38.3. The lowest BCUT2D eigenvalue weighted by atomic mass is 9.56. The number of likely N-dealkylation sites (tertiary alicyclic amines) is 1. The number of halogens is 5. The van der Waals surface area contributed by atoms with Crippen LogP contribution in [0.1, 0.15) is 130 Å². The number of hydrogen-bond donors (Lipinski definition) is 4. The first-order valence-electron chi connectivity index (χ1n) is 23.8. The number of pyridine rings is 1. The average molecular weight is 962 g/mol. The van der Waals surface area contributed by atoms with Gasteiger partial charge < -0.3 is 30.5 Å². The number of carbonyl (C=O) groups excluding carboxylic acids is 5. The molecular weight excluding hydrogens is 906 g/mol. The van der Waals surface area contributed by atoms with Crippen LogP contribution in [-0.4, -0.2) is 93.7 Å². The lowest BCUT2D eigenvalue weighted by Gasteiger charge is -2.54. The zero-order valence-corrected chi connectivity index (χ0v) is 39.0. The minimum Gasteiger partial charge on any atom is -0.489 e. The average Bonchev–Trinajstić information content (AvgIpc) is 3.94. The summed E-state index contributed by atoms with van der Waals surface area (Å²) in [5.41, 5.74) is -1.49. The molecule has 18 heteroatoms. The second-order valence-electron chi connectivity index (χ2n) is 21.5. The van der Waals surface area contributed by atoms with Gasteiger partial charge in [0.2, 0.25) is 23.6 Å². The number of ether oxygens (including phenoxy) is 1. The first-order chi connectivity index (χ1) is 32.2. The minimum atomic E-state index is -4.68. The Morgan fingerprint density at radius 3 is 2.46 bits per heavy atom. The second kappa shape index (κ2) is 16.7. The monoisotopic (exact) mass is 961 g/mol. The normalized spacial score (nSPS) is 31.1. The fourth-order valence-electron chi connectivity index (χ4n) is 12.7. The van der Waals surface area contributed by atoms with Gasteiger partial charge in [0, 0.05) is 77.4 Å². The molecule has 1 aromatic heterocycles. The van der Waals surface area contributed by atoms with Crippen LogP contribution in [0.4, 0.5) is 23.2 Å². The van der Waals surface area contributed by atoms with Crippen molar-refractivity contribution < 1.29 is 46.3 Å². The molecule has 6 heterocycles. The van der Waals surface area contributed by atoms with Crippen molar-refractivity contribution in [1.82, 2.24) is 30.7 Å². The number of amides is 5. The molecule has 3 aliphatic carbocycles. The van der Waals surface area contributed by atoms with Crippen LogP contribution in [0.5, 0.6) is 5.75 Å². The van der Waals surface area contributed by atoms with Gasteiger partial charge in [-0.3, -0.25) is 34.3 Å². The molecule has 5 amide bonds. The molecule has 6 atom stereocenters. The van der Waals surface area contributed by atoms with E-state index in [1.54, 1.807) is 24.3 Å². The van der Waals surface area contributed by atoms with E-state index in [2.05, 4.69) is 26.3 Å². The van der Waals surface area contributed by atoms with Gasteiger partial charge in [-0.05, 0) is 111 Å². The number of imide groups is 1. The molecule has 11 rings (SSSR count). The number of nitrogens with zero attached hydrogens (tertiary/aromatic N) is 3. The van der Waals surface area contributed by atoms with Gasteiger partial charge in [0.25, 0.3) is 5.91 Å². The van der Waals surface area contributed by atoms with Gasteiger partial charge in [-0.25, -0.2) is 4.39 Å². The quantitative estimate of drug-likeness (QED) is 0.136. The fraction of sp³-hybridized carbons (Fsp3) is 0.560. The standard InChI is InChI=1S/C50H56ClF4N7O6/c1-46(2,3)22-37-49(26-57-34-21-36(50(53,54)55)56-23-32(34)49)39(31-7-4-8-33(51)40(31)52)41(58-37)43(65)60-48-16-13-47(14-17-48,15-18-48)45(67)61-19-5-6-29(25-61)68-28-9-10-30-27(20-28)24-62(44(30)66)35-11-12-38(63)59-42(35)64/h4,7-10,20-21,23,29,35,37,39,41,57-58H,5-6,11-19,22,24-26H2,1-3H3,(H,60,65)(H,59,63,64)/t29-,35?,37-,39-,41+,47?,48?,49-/m0/s1. The summed E-state index contributed by atoms with van der Waals surface area (Å²) >= 11 is 6.41. The van der Waals surface area contributed by atoms with E-state index in [1.807, 2.05) is 31.7 Å². The summed E-state index contributed by atoms with van der Waals surface area (Å²) < 4.78 is 64.6. The van der Waals surface area contributed by atoms with Gasteiger partial charge in [-0.2, -0.15) is 13.2 Å². The van der Waals surface area contributed by atoms with Gasteiger partial charge in [0.1, 0.15) is 29.4 Å². The Morgan fingerprint density at radius 2 is 1.75 bits per heavy atom. The van der Waals surface area contributed by atoms with Crippen LogP contribution >= 0.6 is 11.6 Å². The van der Waals surface area contributed by atoms with Gasteiger partial charge in [0.05, 0.1) is 17.6 Å². The van der Waals surface area contributed by atoms with E-state index in [1.165, 1.54) is 17.2 Å². The van der Waals surface area contributed by atoms with Crippen LogP contribution in [0.15, 0.2) is 48.7 Å². The molecule has 68 heavy (non-hydrogen) atoms. The molecule has 3 saturated carbocycles. The Balaban J connectivity index is 0.835. The molecule has 1 spiro atoms. The minimum absolute atomic E-state index is 0.0838. The summed E-state index contributed by atoms with van der Waals surface area (Å²) in [5.74, 6) is -2.33. The molecular formula is C50H56ClF4N7O6. The van der Waals surface area contributed by atoms with Crippen molar-refractivity contribution in [3.63, 3.8) is 0 Å². The van der Waals surface area contributed by atoms with E-state index in [0.29, 0.717) is 74.9 Å². The van der Waals surface area contributed by atoms with E-state index < -0.39 is 64.0 Å². The predicted molar refractivity (Wildman–Crippen MR) is 242 cm³/mol. The summed E-state index contributed by atoms with van der Waals surface area (Å²) in [6, 6.07) is 8.74. The van der Waals surface area contributed by atoms with Gasteiger partial charge in [-0.15, -0.1) is 0 Å². The van der Waals surface area contributed by atoms with E-state index in [0.717, 1.165) is 24.5 Å². The van der Waals surface area contributed by atoms with Crippen LogP contribution in [0.3, 0.4) is 0 Å². The molecule has 3 aromatic rings. The summed E-state index contributed by atoms with van der Waals surface area (Å²) in [6.07, 6.45) is 2.13. The van der Waals surface area contributed by atoms with Crippen molar-refractivity contribution in [2.24, 2.45) is 10.8 Å². The molecule has 4 N–H and O–H groups in total. The third kappa shape index (κ3) is 7.98. The Hall–Kier alpha value is -5.29. The molecule has 6 fully saturated rings. The first kappa shape index (κ1) is 46.4. The van der Waals surface area contributed by atoms with Crippen LogP contribution in [0.25, 0.3) is 0 Å². The summed E-state index contributed by atoms with van der Waals surface area (Å²) in [6.45, 7) is 7.51. The van der Waals surface area contributed by atoms with Crippen LogP contribution < -0.4 is 26.0 Å². The predicted octanol–water partition coefficient (Wildman–Crippen LogP) is 7.16. The number of aromatic nitrogens is 1. The summed E-state index contributed by atoms with van der Waals surface area (Å²) in [4.78, 5) is 74.4.